The summed E-state index contributed by atoms with van der Waals surface area (Å²) in [5.74, 6) is -0.153. The van der Waals surface area contributed by atoms with E-state index in [0.717, 1.165) is 0 Å². The molecule has 0 heterocycles. The second kappa shape index (κ2) is 10.1. The molecule has 1 aromatic carbocycles. The monoisotopic (exact) mass is 294 g/mol. The van der Waals surface area contributed by atoms with Crippen LogP contribution in [0.1, 0.15) is 41.5 Å². The van der Waals surface area contributed by atoms with Crippen molar-refractivity contribution in [1.82, 2.24) is 0 Å². The fraction of sp³-hybridized carbons (Fsp3) is 0.444. The van der Waals surface area contributed by atoms with Crippen molar-refractivity contribution in [3.05, 3.63) is 49.6 Å². The van der Waals surface area contributed by atoms with Crippen LogP contribution in [0, 0.1) is 0 Å². The molecule has 3 heteroatoms. The fourth-order valence-electron chi connectivity index (χ4n) is 1.38. The molecular formula is C18H30O3. The van der Waals surface area contributed by atoms with E-state index in [2.05, 4.69) is 54.7 Å². The van der Waals surface area contributed by atoms with Gasteiger partial charge in [-0.1, -0.05) is 37.4 Å². The molecule has 0 atom stereocenters. The second-order valence-electron chi connectivity index (χ2n) is 6.29. The van der Waals surface area contributed by atoms with Gasteiger partial charge in [0.15, 0.2) is 11.5 Å². The van der Waals surface area contributed by atoms with Crippen molar-refractivity contribution in [2.24, 2.45) is 0 Å². The highest BCUT2D eigenvalue weighted by molar-refractivity contribution is 5.36. The summed E-state index contributed by atoms with van der Waals surface area (Å²) >= 11 is 0. The van der Waals surface area contributed by atoms with Crippen molar-refractivity contribution in [3.8, 4) is 11.5 Å². The molecule has 0 aliphatic heterocycles. The maximum absolute atomic E-state index is 8.67. The molecule has 0 radical (unpaired) electrons. The van der Waals surface area contributed by atoms with Crippen molar-refractivity contribution < 1.29 is 14.9 Å². The average molecular weight is 294 g/mol. The third-order valence-electron chi connectivity index (χ3n) is 1.66. The van der Waals surface area contributed by atoms with Gasteiger partial charge in [0.05, 0.1) is 11.2 Å². The minimum absolute atomic E-state index is 0.0156. The van der Waals surface area contributed by atoms with E-state index in [1.165, 1.54) is 12.1 Å². The molecule has 0 fully saturated rings. The summed E-state index contributed by atoms with van der Waals surface area (Å²) in [4.78, 5) is 0. The number of hydrogen-bond acceptors (Lipinski definition) is 3. The molecule has 0 aliphatic carbocycles. The summed E-state index contributed by atoms with van der Waals surface area (Å²) in [6.07, 6.45) is 3.28. The first-order chi connectivity index (χ1) is 9.43. The quantitative estimate of drug-likeness (QED) is 0.562. The van der Waals surface area contributed by atoms with E-state index in [4.69, 9.17) is 14.9 Å². The fourth-order valence-corrected chi connectivity index (χ4v) is 1.38. The Morgan fingerprint density at radius 3 is 1.19 bits per heavy atom. The van der Waals surface area contributed by atoms with Gasteiger partial charge in [0.1, 0.15) is 0 Å². The summed E-state index contributed by atoms with van der Waals surface area (Å²) in [5, 5.41) is 17.3. The highest BCUT2D eigenvalue weighted by Crippen LogP contribution is 2.21. The van der Waals surface area contributed by atoms with Crippen LogP contribution in [-0.4, -0.2) is 21.4 Å². The first kappa shape index (κ1) is 21.6. The predicted molar refractivity (Wildman–Crippen MR) is 90.8 cm³/mol. The van der Waals surface area contributed by atoms with E-state index >= 15 is 0 Å². The van der Waals surface area contributed by atoms with Crippen molar-refractivity contribution >= 4 is 0 Å². The number of phenols is 2. The zero-order valence-electron chi connectivity index (χ0n) is 14.2. The van der Waals surface area contributed by atoms with Gasteiger partial charge in [0, 0.05) is 0 Å². The Morgan fingerprint density at radius 2 is 1.10 bits per heavy atom. The summed E-state index contributed by atoms with van der Waals surface area (Å²) in [6, 6.07) is 6.15. The van der Waals surface area contributed by atoms with Gasteiger partial charge in [-0.15, -0.1) is 0 Å². The molecule has 0 bridgehead atoms. The second-order valence-corrected chi connectivity index (χ2v) is 6.29. The van der Waals surface area contributed by atoms with E-state index in [1.807, 2.05) is 0 Å². The van der Waals surface area contributed by atoms with Crippen LogP contribution in [0.25, 0.3) is 0 Å². The van der Waals surface area contributed by atoms with Crippen molar-refractivity contribution in [2.75, 3.05) is 0 Å². The standard InChI is InChI=1S/C8H18O.C6H6O2.C4H6/c1-7(2,3)9-8(4,5)6;7-5-3-1-2-4-6(5)8;1-3-4-2/h1-6H3;1-4,7-8H;3-4H,1-2H2. The van der Waals surface area contributed by atoms with Crippen LogP contribution in [0.15, 0.2) is 49.6 Å². The molecule has 0 unspecified atom stereocenters. The van der Waals surface area contributed by atoms with Gasteiger partial charge in [0.25, 0.3) is 0 Å². The van der Waals surface area contributed by atoms with Crippen molar-refractivity contribution in [2.45, 2.75) is 52.7 Å². The number of ether oxygens (including phenoxy) is 1. The van der Waals surface area contributed by atoms with Gasteiger partial charge >= 0.3 is 0 Å². The van der Waals surface area contributed by atoms with Crippen LogP contribution in [0.4, 0.5) is 0 Å². The Morgan fingerprint density at radius 1 is 0.810 bits per heavy atom. The maximum Gasteiger partial charge on any atom is 0.157 e. The molecule has 1 aromatic rings. The molecule has 3 nitrogen and oxygen atoms in total. The lowest BCUT2D eigenvalue weighted by molar-refractivity contribution is -0.102. The van der Waals surface area contributed by atoms with Gasteiger partial charge < -0.3 is 14.9 Å². The number of rotatable bonds is 1. The molecule has 0 saturated carbocycles. The molecular weight excluding hydrogens is 264 g/mol. The molecule has 0 saturated heterocycles. The highest BCUT2D eigenvalue weighted by Gasteiger charge is 2.19. The SMILES string of the molecule is C=CC=C.CC(C)(C)OC(C)(C)C.Oc1ccccc1O. The molecule has 0 aromatic heterocycles. The van der Waals surface area contributed by atoms with E-state index in [1.54, 1.807) is 24.3 Å². The number of hydrogen-bond donors (Lipinski definition) is 2. The van der Waals surface area contributed by atoms with Crippen LogP contribution < -0.4 is 0 Å². The number of aromatic hydroxyl groups is 2. The highest BCUT2D eigenvalue weighted by atomic mass is 16.5. The van der Waals surface area contributed by atoms with Gasteiger partial charge in [0.2, 0.25) is 0 Å². The third-order valence-corrected chi connectivity index (χ3v) is 1.66. The van der Waals surface area contributed by atoms with Gasteiger partial charge in [-0.2, -0.15) is 0 Å². The largest absolute Gasteiger partial charge is 0.504 e. The Bertz CT molecular complexity index is 370. The lowest BCUT2D eigenvalue weighted by atomic mass is 10.1. The third kappa shape index (κ3) is 18.3. The Labute approximate surface area is 129 Å². The first-order valence-electron chi connectivity index (χ1n) is 6.83. The van der Waals surface area contributed by atoms with E-state index in [9.17, 15) is 0 Å². The minimum Gasteiger partial charge on any atom is -0.504 e. The van der Waals surface area contributed by atoms with E-state index < -0.39 is 0 Å². The topological polar surface area (TPSA) is 49.7 Å². The number of benzene rings is 1. The predicted octanol–water partition coefficient (Wildman–Crippen LogP) is 5.06. The van der Waals surface area contributed by atoms with Crippen molar-refractivity contribution in [3.63, 3.8) is 0 Å². The van der Waals surface area contributed by atoms with Crippen LogP contribution in [0.2, 0.25) is 0 Å². The molecule has 2 N–H and O–H groups in total. The lowest BCUT2D eigenvalue weighted by Gasteiger charge is -2.30. The van der Waals surface area contributed by atoms with E-state index in [0.29, 0.717) is 0 Å². The smallest absolute Gasteiger partial charge is 0.157 e. The Kier molecular flexibility index (Phi) is 10.3. The normalized spacial score (nSPS) is 10.4. The molecule has 1 rings (SSSR count). The maximum atomic E-state index is 8.67. The summed E-state index contributed by atoms with van der Waals surface area (Å²) in [6.45, 7) is 19.1. The number of allylic oxidation sites excluding steroid dienone is 2. The summed E-state index contributed by atoms with van der Waals surface area (Å²) < 4.78 is 5.62. The molecule has 21 heavy (non-hydrogen) atoms. The van der Waals surface area contributed by atoms with Crippen LogP contribution in [0.3, 0.4) is 0 Å². The summed E-state index contributed by atoms with van der Waals surface area (Å²) in [5.41, 5.74) is -0.0312. The first-order valence-corrected chi connectivity index (χ1v) is 6.83. The number of para-hydroxylation sites is 2. The van der Waals surface area contributed by atoms with Crippen LogP contribution >= 0.6 is 0 Å². The van der Waals surface area contributed by atoms with Gasteiger partial charge in [-0.25, -0.2) is 0 Å². The Balaban J connectivity index is 0. The van der Waals surface area contributed by atoms with Gasteiger partial charge in [-0.3, -0.25) is 0 Å². The molecule has 120 valence electrons. The molecule has 0 spiro atoms. The number of phenolic OH excluding ortho intramolecular Hbond substituents is 2. The van der Waals surface area contributed by atoms with Gasteiger partial charge in [-0.05, 0) is 53.7 Å². The van der Waals surface area contributed by atoms with Crippen LogP contribution in [-0.2, 0) is 4.74 Å². The Hall–Kier alpha value is -1.74. The van der Waals surface area contributed by atoms with E-state index in [-0.39, 0.29) is 22.7 Å². The molecule has 0 amide bonds. The summed E-state index contributed by atoms with van der Waals surface area (Å²) in [7, 11) is 0. The minimum atomic E-state index is -0.0764. The van der Waals surface area contributed by atoms with Crippen molar-refractivity contribution in [1.29, 1.82) is 0 Å². The molecule has 0 aliphatic rings. The lowest BCUT2D eigenvalue weighted by Crippen LogP contribution is -2.31. The zero-order chi connectivity index (χ0) is 17.1. The zero-order valence-corrected chi connectivity index (χ0v) is 14.2. The average Bonchev–Trinajstić information content (AvgIpc) is 2.29. The van der Waals surface area contributed by atoms with Crippen LogP contribution in [0.5, 0.6) is 11.5 Å².